The highest BCUT2D eigenvalue weighted by Gasteiger charge is 2.24. The van der Waals surface area contributed by atoms with Crippen molar-refractivity contribution < 1.29 is 9.53 Å². The van der Waals surface area contributed by atoms with Gasteiger partial charge in [0.15, 0.2) is 0 Å². The molecular weight excluding hydrogens is 398 g/mol. The molecule has 0 radical (unpaired) electrons. The summed E-state index contributed by atoms with van der Waals surface area (Å²) in [5.41, 5.74) is 1.90. The van der Waals surface area contributed by atoms with E-state index in [1.54, 1.807) is 4.90 Å². The summed E-state index contributed by atoms with van der Waals surface area (Å²) in [6.07, 6.45) is 3.47. The van der Waals surface area contributed by atoms with Crippen molar-refractivity contribution >= 4 is 32.9 Å². The highest BCUT2D eigenvalue weighted by Crippen LogP contribution is 2.34. The lowest BCUT2D eigenvalue weighted by molar-refractivity contribution is -0.134. The first-order valence-corrected chi connectivity index (χ1v) is 10.0. The Morgan fingerprint density at radius 1 is 1.31 bits per heavy atom. The molecule has 0 bridgehead atoms. The number of ether oxygens (including phenoxy) is 1. The second kappa shape index (κ2) is 7.52. The smallest absolute Gasteiger partial charge is 0.236 e. The summed E-state index contributed by atoms with van der Waals surface area (Å²) in [5, 5.41) is 8.60. The maximum atomic E-state index is 11.7. The maximum Gasteiger partial charge on any atom is 0.236 e. The quantitative estimate of drug-likeness (QED) is 0.640. The standard InChI is InChI=1S/C18H24BrN5O2/c1-22-8-9-23(12-16(22)25)7-2-10-26-15-6-5-14-18(17(15)19)20-21-24(14)11-13-3-4-13/h5-6,13H,2-4,7-12H2,1H3. The number of benzene rings is 1. The second-order valence-corrected chi connectivity index (χ2v) is 8.05. The lowest BCUT2D eigenvalue weighted by Gasteiger charge is -2.31. The molecule has 1 saturated heterocycles. The third kappa shape index (κ3) is 3.86. The number of piperazine rings is 1. The molecule has 1 amide bonds. The lowest BCUT2D eigenvalue weighted by atomic mass is 10.3. The van der Waals surface area contributed by atoms with Crippen LogP contribution in [0.5, 0.6) is 5.75 Å². The van der Waals surface area contributed by atoms with Crippen molar-refractivity contribution in [1.82, 2.24) is 24.8 Å². The number of aromatic nitrogens is 3. The number of nitrogens with zero attached hydrogens (tertiary/aromatic N) is 5. The fourth-order valence-corrected chi connectivity index (χ4v) is 3.77. The number of carbonyl (C=O) groups is 1. The first kappa shape index (κ1) is 17.7. The lowest BCUT2D eigenvalue weighted by Crippen LogP contribution is -2.48. The topological polar surface area (TPSA) is 63.5 Å². The van der Waals surface area contributed by atoms with E-state index in [1.165, 1.54) is 12.8 Å². The Hall–Kier alpha value is -1.67. The van der Waals surface area contributed by atoms with Crippen molar-refractivity contribution in [2.45, 2.75) is 25.8 Å². The Bertz CT molecular complexity index is 804. The summed E-state index contributed by atoms with van der Waals surface area (Å²) in [6.45, 7) is 4.68. The number of hydrogen-bond donors (Lipinski definition) is 0. The Kier molecular flexibility index (Phi) is 5.13. The van der Waals surface area contributed by atoms with Crippen LogP contribution in [0.3, 0.4) is 0 Å². The summed E-state index contributed by atoms with van der Waals surface area (Å²) in [6, 6.07) is 4.02. The van der Waals surface area contributed by atoms with Gasteiger partial charge in [-0.05, 0) is 53.2 Å². The zero-order valence-corrected chi connectivity index (χ0v) is 16.6. The molecule has 2 fully saturated rings. The van der Waals surface area contributed by atoms with Gasteiger partial charge in [-0.2, -0.15) is 0 Å². The molecule has 0 atom stereocenters. The number of carbonyl (C=O) groups excluding carboxylic acids is 1. The van der Waals surface area contributed by atoms with Crippen LogP contribution in [0.4, 0.5) is 0 Å². The summed E-state index contributed by atoms with van der Waals surface area (Å²) < 4.78 is 8.80. The van der Waals surface area contributed by atoms with E-state index in [4.69, 9.17) is 4.74 Å². The zero-order valence-electron chi connectivity index (χ0n) is 15.0. The highest BCUT2D eigenvalue weighted by molar-refractivity contribution is 9.10. The van der Waals surface area contributed by atoms with Crippen molar-refractivity contribution in [3.8, 4) is 5.75 Å². The van der Waals surface area contributed by atoms with Gasteiger partial charge in [-0.25, -0.2) is 4.68 Å². The molecule has 2 aromatic rings. The van der Waals surface area contributed by atoms with E-state index < -0.39 is 0 Å². The van der Waals surface area contributed by atoms with Crippen LogP contribution in [0.25, 0.3) is 11.0 Å². The number of hydrogen-bond acceptors (Lipinski definition) is 5. The predicted molar refractivity (Wildman–Crippen MR) is 102 cm³/mol. The molecule has 2 heterocycles. The van der Waals surface area contributed by atoms with E-state index in [-0.39, 0.29) is 5.91 Å². The monoisotopic (exact) mass is 421 g/mol. The average Bonchev–Trinajstić information content (AvgIpc) is 3.35. The molecule has 2 aliphatic rings. The first-order valence-electron chi connectivity index (χ1n) is 9.22. The Labute approximate surface area is 161 Å². The second-order valence-electron chi connectivity index (χ2n) is 7.25. The van der Waals surface area contributed by atoms with Crippen LogP contribution in [0.2, 0.25) is 0 Å². The number of fused-ring (bicyclic) bond motifs is 1. The fraction of sp³-hybridized carbons (Fsp3) is 0.611. The summed E-state index contributed by atoms with van der Waals surface area (Å²) in [4.78, 5) is 15.7. The molecule has 0 N–H and O–H groups in total. The van der Waals surface area contributed by atoms with Crippen LogP contribution in [0, 0.1) is 5.92 Å². The number of rotatable bonds is 7. The Morgan fingerprint density at radius 2 is 2.15 bits per heavy atom. The van der Waals surface area contributed by atoms with Crippen LogP contribution in [0.15, 0.2) is 16.6 Å². The van der Waals surface area contributed by atoms with Crippen LogP contribution in [-0.2, 0) is 11.3 Å². The van der Waals surface area contributed by atoms with Crippen molar-refractivity contribution in [2.75, 3.05) is 39.8 Å². The van der Waals surface area contributed by atoms with Gasteiger partial charge in [-0.15, -0.1) is 5.10 Å². The van der Waals surface area contributed by atoms with Gasteiger partial charge in [0.2, 0.25) is 5.91 Å². The average molecular weight is 422 g/mol. The molecule has 0 spiro atoms. The van der Waals surface area contributed by atoms with Gasteiger partial charge < -0.3 is 9.64 Å². The number of halogens is 1. The van der Waals surface area contributed by atoms with Gasteiger partial charge in [0.25, 0.3) is 0 Å². The zero-order chi connectivity index (χ0) is 18.1. The molecule has 0 unspecified atom stereocenters. The first-order chi connectivity index (χ1) is 12.6. The molecule has 1 aromatic heterocycles. The molecule has 7 nitrogen and oxygen atoms in total. The minimum absolute atomic E-state index is 0.194. The van der Waals surface area contributed by atoms with Gasteiger partial charge in [0.05, 0.1) is 23.1 Å². The molecule has 1 aliphatic heterocycles. The van der Waals surface area contributed by atoms with Gasteiger partial charge in [-0.3, -0.25) is 9.69 Å². The molecule has 1 saturated carbocycles. The van der Waals surface area contributed by atoms with E-state index in [2.05, 4.69) is 31.1 Å². The third-order valence-electron chi connectivity index (χ3n) is 5.13. The minimum Gasteiger partial charge on any atom is -0.492 e. The maximum absolute atomic E-state index is 11.7. The molecule has 1 aliphatic carbocycles. The number of likely N-dealkylation sites (N-methyl/N-ethyl adjacent to an activating group) is 1. The van der Waals surface area contributed by atoms with Crippen molar-refractivity contribution in [2.24, 2.45) is 5.92 Å². The van der Waals surface area contributed by atoms with Gasteiger partial charge in [-0.1, -0.05) is 5.21 Å². The van der Waals surface area contributed by atoms with E-state index >= 15 is 0 Å². The van der Waals surface area contributed by atoms with E-state index in [9.17, 15) is 4.79 Å². The Morgan fingerprint density at radius 3 is 2.92 bits per heavy atom. The van der Waals surface area contributed by atoms with Crippen LogP contribution < -0.4 is 4.74 Å². The van der Waals surface area contributed by atoms with Gasteiger partial charge >= 0.3 is 0 Å². The van der Waals surface area contributed by atoms with Crippen LogP contribution in [-0.4, -0.2) is 70.5 Å². The predicted octanol–water partition coefficient (Wildman–Crippen LogP) is 2.15. The van der Waals surface area contributed by atoms with E-state index in [0.717, 1.165) is 59.8 Å². The normalized spacial score (nSPS) is 18.7. The number of amides is 1. The summed E-state index contributed by atoms with van der Waals surface area (Å²) in [5.74, 6) is 1.75. The SMILES string of the molecule is CN1CCN(CCCOc2ccc3c(nnn3CC3CC3)c2Br)CC1=O. The molecule has 1 aromatic carbocycles. The fourth-order valence-electron chi connectivity index (χ4n) is 3.25. The molecule has 8 heteroatoms. The summed E-state index contributed by atoms with van der Waals surface area (Å²) >= 11 is 3.62. The van der Waals surface area contributed by atoms with Crippen LogP contribution in [0.1, 0.15) is 19.3 Å². The highest BCUT2D eigenvalue weighted by atomic mass is 79.9. The largest absolute Gasteiger partial charge is 0.492 e. The summed E-state index contributed by atoms with van der Waals surface area (Å²) in [7, 11) is 1.86. The molecule has 26 heavy (non-hydrogen) atoms. The van der Waals surface area contributed by atoms with Crippen molar-refractivity contribution in [3.63, 3.8) is 0 Å². The minimum atomic E-state index is 0.194. The van der Waals surface area contributed by atoms with Crippen molar-refractivity contribution in [3.05, 3.63) is 16.6 Å². The van der Waals surface area contributed by atoms with Crippen LogP contribution >= 0.6 is 15.9 Å². The molecule has 140 valence electrons. The van der Waals surface area contributed by atoms with Gasteiger partial charge in [0.1, 0.15) is 11.3 Å². The molecule has 4 rings (SSSR count). The van der Waals surface area contributed by atoms with E-state index in [0.29, 0.717) is 13.2 Å². The third-order valence-corrected chi connectivity index (χ3v) is 5.90. The molecular formula is C18H24BrN5O2. The van der Waals surface area contributed by atoms with E-state index in [1.807, 2.05) is 23.9 Å². The van der Waals surface area contributed by atoms with Gasteiger partial charge in [0, 0.05) is 33.2 Å². The Balaban J connectivity index is 1.31. The van der Waals surface area contributed by atoms with Crippen molar-refractivity contribution in [1.29, 1.82) is 0 Å².